The SMILES string of the molecule is [Mg+2].[Mg+2].[Mg+2].[Mg+2].[Mg+2].[Mg+2].[Mg+2].[Mg+2].[Mg+2].[Mg+2].[Mg+2].[Mg+2].[Mg+2].[Mg+2].[Mg+2].[Mg+2].[Mg+2].[Mg+2].[Mg+2].[Mg+2].[Mg+2].[Mg+2].[Mg+2].[Mg+2].[Mg+2].[Mg+2].[Mg+2].[Mg+2].[Mg+2].[Mg+2].[Mg+2].[Mg+2].[Mg+2].[Mg+2].[Mg+2].[Mg+2].[Mg+2].[Mg+2].[Mg+2].[Mg+2].[Mg+2].[Mg+2].[Mg+2].[Mg+2].[Mg+2].[Mg+2].[Mg+2].[Mg+2].[Mg+2].[Mg+2].[Mg+2].[Mg+2].[Mg+2].[Mg+2].[Mg+2].[Mg+2].[Mg+2].[Mg+2].[Mg+2].[Mg+2].[Mg+2].[Mg+2].[O-2].[O-2]. The summed E-state index contributed by atoms with van der Waals surface area (Å²) in [5, 5.41) is 0. The summed E-state index contributed by atoms with van der Waals surface area (Å²) in [5.41, 5.74) is 0. The largest absolute Gasteiger partial charge is 2.00 e. The van der Waals surface area contributed by atoms with E-state index in [1.165, 1.54) is 0 Å². The zero-order chi connectivity index (χ0) is 0. The zero-order valence-electron chi connectivity index (χ0n) is 44.7. The van der Waals surface area contributed by atoms with Crippen LogP contribution in [0.4, 0.5) is 0 Å². The molecule has 0 aliphatic carbocycles. The Bertz CT molecular complexity index is 12.8. The van der Waals surface area contributed by atoms with Crippen molar-refractivity contribution in [3.63, 3.8) is 0 Å². The summed E-state index contributed by atoms with van der Waals surface area (Å²) in [4.78, 5) is 0. The molecular weight excluding hydrogens is 1540 g/mol. The van der Waals surface area contributed by atoms with Crippen molar-refractivity contribution in [2.45, 2.75) is 0 Å². The Hall–Kier alpha value is 47.4. The van der Waals surface area contributed by atoms with Crippen LogP contribution in [0.15, 0.2) is 0 Å². The molecule has 64 heteroatoms. The third-order valence-corrected chi connectivity index (χ3v) is 0. The van der Waals surface area contributed by atoms with Gasteiger partial charge in [-0.2, -0.15) is 0 Å². The van der Waals surface area contributed by atoms with Gasteiger partial charge in [-0.15, -0.1) is 0 Å². The Balaban J connectivity index is 0. The minimum atomic E-state index is 0. The molecule has 0 fully saturated rings. The Kier molecular flexibility index (Phi) is 5550. The second-order valence-electron chi connectivity index (χ2n) is 0. The Morgan fingerprint density at radius 3 is 0.0312 bits per heavy atom. The molecule has 0 heterocycles. The van der Waals surface area contributed by atoms with Crippen LogP contribution in [-0.2, 0) is 11.0 Å². The average Bonchev–Trinajstić information content (AvgIpc) is 0. The smallest absolute Gasteiger partial charge is 2.00 e. The predicted molar refractivity (Wildman–Crippen MR) is 358 cm³/mol. The molecule has 0 aromatic heterocycles. The quantitative estimate of drug-likeness (QED) is 0.217. The molecule has 2 nitrogen and oxygen atoms in total. The van der Waals surface area contributed by atoms with Gasteiger partial charge in [-0.05, 0) is 0 Å². The number of hydrogen-bond acceptors (Lipinski definition) is 0. The van der Waals surface area contributed by atoms with E-state index in [4.69, 9.17) is 0 Å². The molecule has 0 saturated carbocycles. The maximum atomic E-state index is 0. The number of hydrogen-bond donors (Lipinski definition) is 0. The topological polar surface area (TPSA) is 57.0 Å². The molecule has 0 N–H and O–H groups in total. The fraction of sp³-hybridized carbons (Fsp3) is 0. The standard InChI is InChI=1S/62Mg.2O/q62*+2;2*-2. The third-order valence-electron chi connectivity index (χ3n) is 0. The molecular formula is Mg62O2+120. The van der Waals surface area contributed by atoms with Crippen LogP contribution >= 0.6 is 0 Å². The van der Waals surface area contributed by atoms with Crippen LogP contribution in [0, 0.1) is 0 Å². The van der Waals surface area contributed by atoms with Gasteiger partial charge in [-0.1, -0.05) is 0 Å². The molecule has 64 heavy (non-hydrogen) atoms. The van der Waals surface area contributed by atoms with Gasteiger partial charge in [0.25, 0.3) is 0 Å². The second kappa shape index (κ2) is 588. The van der Waals surface area contributed by atoms with E-state index in [0.717, 1.165) is 0 Å². The fourth-order valence-corrected chi connectivity index (χ4v) is 0. The van der Waals surface area contributed by atoms with Crippen LogP contribution in [0.2, 0.25) is 0 Å². The zero-order valence-corrected chi connectivity index (χ0v) is 132. The van der Waals surface area contributed by atoms with Crippen molar-refractivity contribution >= 4 is 1430 Å². The van der Waals surface area contributed by atoms with Gasteiger partial charge in [0.2, 0.25) is 0 Å². The third kappa shape index (κ3) is 572. The van der Waals surface area contributed by atoms with Gasteiger partial charge in [-0.3, -0.25) is 0 Å². The van der Waals surface area contributed by atoms with Crippen molar-refractivity contribution in [1.82, 2.24) is 0 Å². The monoisotopic (exact) mass is 1520 g/mol. The van der Waals surface area contributed by atoms with Gasteiger partial charge in [0.05, 0.1) is 0 Å². The van der Waals surface area contributed by atoms with Crippen LogP contribution < -0.4 is 0 Å². The van der Waals surface area contributed by atoms with Crippen LogP contribution in [0.3, 0.4) is 0 Å². The first-order chi connectivity index (χ1) is 0. The molecule has 0 aromatic rings. The van der Waals surface area contributed by atoms with Crippen molar-refractivity contribution in [1.29, 1.82) is 0 Å². The summed E-state index contributed by atoms with van der Waals surface area (Å²) in [7, 11) is 0. The van der Waals surface area contributed by atoms with Crippen LogP contribution in [-0.4, -0.2) is 1430 Å². The first kappa shape index (κ1) is 604. The first-order valence-corrected chi connectivity index (χ1v) is 0. The Morgan fingerprint density at radius 1 is 0.0312 bits per heavy atom. The summed E-state index contributed by atoms with van der Waals surface area (Å²) in [6, 6.07) is 0. The molecule has 0 spiro atoms. The second-order valence-corrected chi connectivity index (χ2v) is 0. The molecule has 0 aromatic carbocycles. The van der Waals surface area contributed by atoms with Crippen LogP contribution in [0.1, 0.15) is 0 Å². The van der Waals surface area contributed by atoms with E-state index in [1.54, 1.807) is 0 Å². The van der Waals surface area contributed by atoms with Crippen LogP contribution in [0.25, 0.3) is 0 Å². The van der Waals surface area contributed by atoms with Gasteiger partial charge in [0.15, 0.2) is 0 Å². The van der Waals surface area contributed by atoms with E-state index in [9.17, 15) is 0 Å². The molecule has 0 bridgehead atoms. The van der Waals surface area contributed by atoms with Crippen molar-refractivity contribution in [2.24, 2.45) is 0 Å². The average molecular weight is 1540 g/mol. The van der Waals surface area contributed by atoms with Crippen molar-refractivity contribution in [3.8, 4) is 0 Å². The molecule has 0 rings (SSSR count). The maximum absolute atomic E-state index is 0. The molecule has 0 radical (unpaired) electrons. The van der Waals surface area contributed by atoms with Gasteiger partial charge < -0.3 is 11.0 Å². The number of rotatable bonds is 0. The minimum absolute atomic E-state index is 0. The Labute approximate surface area is 1390 Å². The van der Waals surface area contributed by atoms with E-state index >= 15 is 0 Å². The molecule has 0 aliphatic heterocycles. The first-order valence-electron chi connectivity index (χ1n) is 0. The molecule has 0 amide bonds. The fourth-order valence-electron chi connectivity index (χ4n) is 0. The summed E-state index contributed by atoms with van der Waals surface area (Å²) < 4.78 is 0. The van der Waals surface area contributed by atoms with Crippen molar-refractivity contribution < 1.29 is 11.0 Å². The molecule has 0 aliphatic rings. The van der Waals surface area contributed by atoms with Gasteiger partial charge in [0, 0.05) is 0 Å². The molecule has 0 unspecified atom stereocenters. The molecule has 0 atom stereocenters. The normalized spacial score (nSPS) is 0. The van der Waals surface area contributed by atoms with Crippen molar-refractivity contribution in [3.05, 3.63) is 0 Å². The van der Waals surface area contributed by atoms with Crippen molar-refractivity contribution in [2.75, 3.05) is 0 Å². The van der Waals surface area contributed by atoms with Gasteiger partial charge >= 0.3 is 1430 Å². The summed E-state index contributed by atoms with van der Waals surface area (Å²) in [6.45, 7) is 0. The predicted octanol–water partition coefficient (Wildman–Crippen LogP) is -23.8. The summed E-state index contributed by atoms with van der Waals surface area (Å²) in [5.74, 6) is 0. The van der Waals surface area contributed by atoms with E-state index < -0.39 is 0 Å². The van der Waals surface area contributed by atoms with Gasteiger partial charge in [0.1, 0.15) is 0 Å². The Morgan fingerprint density at radius 2 is 0.0312 bits per heavy atom. The van der Waals surface area contributed by atoms with E-state index in [1.807, 2.05) is 0 Å². The van der Waals surface area contributed by atoms with E-state index in [-0.39, 0.29) is 1440 Å². The maximum Gasteiger partial charge on any atom is 2.00 e. The van der Waals surface area contributed by atoms with Gasteiger partial charge in [-0.25, -0.2) is 0 Å². The minimum Gasteiger partial charge on any atom is -2.00 e. The molecule has 16 valence electrons. The summed E-state index contributed by atoms with van der Waals surface area (Å²) >= 11 is 0. The summed E-state index contributed by atoms with van der Waals surface area (Å²) in [6.07, 6.45) is 0. The van der Waals surface area contributed by atoms with E-state index in [2.05, 4.69) is 0 Å². The van der Waals surface area contributed by atoms with Crippen LogP contribution in [0.5, 0.6) is 0 Å². The van der Waals surface area contributed by atoms with E-state index in [0.29, 0.717) is 0 Å². The molecule has 0 saturated heterocycles.